The maximum Gasteiger partial charge on any atom is 0.161 e. The highest BCUT2D eigenvalue weighted by Gasteiger charge is 2.47. The van der Waals surface area contributed by atoms with Crippen LogP contribution in [0.25, 0.3) is 44.9 Å². The lowest BCUT2D eigenvalue weighted by molar-refractivity contribution is -0.121. The van der Waals surface area contributed by atoms with Crippen LogP contribution >= 0.6 is 0 Å². The molecule has 12 nitrogen and oxygen atoms in total. The summed E-state index contributed by atoms with van der Waals surface area (Å²) in [6.07, 6.45) is 17.5. The van der Waals surface area contributed by atoms with Crippen LogP contribution in [0.1, 0.15) is 94.9 Å². The molecule has 5 unspecified atom stereocenters. The molecule has 0 spiro atoms. The Morgan fingerprint density at radius 2 is 0.712 bits per heavy atom. The highest BCUT2D eigenvalue weighted by Crippen LogP contribution is 2.53. The Labute approximate surface area is 293 Å². The molecule has 250 valence electrons. The molecule has 0 saturated carbocycles. The van der Waals surface area contributed by atoms with Gasteiger partial charge in [0, 0.05) is 93.9 Å². The topological polar surface area (TPSA) is 177 Å². The van der Waals surface area contributed by atoms with Gasteiger partial charge in [-0.2, -0.15) is 0 Å². The number of nitrogens with one attached hydrogen (secondary N) is 2. The summed E-state index contributed by atoms with van der Waals surface area (Å²) in [4.78, 5) is 91.2. The molecular weight excluding hydrogens is 656 g/mol. The van der Waals surface area contributed by atoms with Crippen LogP contribution < -0.4 is 0 Å². The van der Waals surface area contributed by atoms with E-state index < -0.39 is 23.7 Å². The molecule has 0 fully saturated rings. The van der Waals surface area contributed by atoms with Crippen LogP contribution in [0.4, 0.5) is 0 Å². The lowest BCUT2D eigenvalue weighted by Gasteiger charge is -2.31. The monoisotopic (exact) mass is 682 g/mol. The molecule has 12 heteroatoms. The van der Waals surface area contributed by atoms with Crippen LogP contribution in [-0.2, 0) is 19.2 Å². The Bertz CT molecular complexity index is 2790. The Morgan fingerprint density at radius 3 is 1.21 bits per heavy atom. The number of ketones is 4. The molecule has 52 heavy (non-hydrogen) atoms. The van der Waals surface area contributed by atoms with Gasteiger partial charge in [-0.05, 0) is 0 Å². The van der Waals surface area contributed by atoms with Crippen molar-refractivity contribution in [2.75, 3.05) is 0 Å². The van der Waals surface area contributed by atoms with Crippen LogP contribution in [0, 0.1) is 23.7 Å². The van der Waals surface area contributed by atoms with Gasteiger partial charge in [0.15, 0.2) is 23.3 Å². The lowest BCUT2D eigenvalue weighted by Crippen LogP contribution is -2.29. The van der Waals surface area contributed by atoms with Crippen molar-refractivity contribution in [2.45, 2.75) is 49.4 Å². The van der Waals surface area contributed by atoms with Crippen LogP contribution in [0.2, 0.25) is 0 Å². The fourth-order valence-corrected chi connectivity index (χ4v) is 10.6. The number of nitrogens with zero attached hydrogens (tertiary/aromatic N) is 6. The second kappa shape index (κ2) is 9.05. The number of hydrogen-bond acceptors (Lipinski definition) is 10. The number of Topliss-reactive ketones (excluding diaryl/α,β-unsaturated/α-hetero) is 4. The number of aromatic nitrogens is 8. The first-order valence-electron chi connectivity index (χ1n) is 18.0. The van der Waals surface area contributed by atoms with Crippen LogP contribution in [0.15, 0.2) is 48.6 Å². The smallest absolute Gasteiger partial charge is 0.161 e. The second-order valence-corrected chi connectivity index (χ2v) is 15.5. The van der Waals surface area contributed by atoms with E-state index in [1.807, 2.05) is 24.3 Å². The molecule has 2 N–H and O–H groups in total. The third-order valence-electron chi connectivity index (χ3n) is 12.9. The van der Waals surface area contributed by atoms with Gasteiger partial charge in [0.1, 0.15) is 45.7 Å². The minimum atomic E-state index is -0.497. The Morgan fingerprint density at radius 1 is 0.365 bits per heavy atom. The first-order valence-corrected chi connectivity index (χ1v) is 18.0. The SMILES string of the molecule is O=C1C[C@@H]2C=CC1C1=C2c2nc1nc1nc(nc3[nH]c(nc4[nH]c(n2)c2c4[C@H]4C=CC2C(=O)C4)c2c3C3C=CC2C(=O)C3)C2=C1C1C=C[C@H]2C(=O)C1. The maximum absolute atomic E-state index is 13.4. The molecule has 3 aromatic heterocycles. The van der Waals surface area contributed by atoms with E-state index in [1.54, 1.807) is 0 Å². The van der Waals surface area contributed by atoms with Gasteiger partial charge in [-0.25, -0.2) is 29.9 Å². The van der Waals surface area contributed by atoms with E-state index in [-0.39, 0.29) is 46.8 Å². The molecule has 17 rings (SSSR count). The summed E-state index contributed by atoms with van der Waals surface area (Å²) in [5.74, 6) is -0.517. The highest BCUT2D eigenvalue weighted by atomic mass is 16.1. The molecule has 14 aliphatic rings. The van der Waals surface area contributed by atoms with Gasteiger partial charge in [0.05, 0.1) is 23.7 Å². The van der Waals surface area contributed by atoms with Crippen LogP contribution in [0.5, 0.6) is 0 Å². The van der Waals surface area contributed by atoms with Crippen LogP contribution in [0.3, 0.4) is 0 Å². The van der Waals surface area contributed by atoms with Crippen molar-refractivity contribution in [3.8, 4) is 0 Å². The van der Waals surface area contributed by atoms with Gasteiger partial charge in [0.25, 0.3) is 0 Å². The first-order chi connectivity index (χ1) is 25.4. The van der Waals surface area contributed by atoms with E-state index in [9.17, 15) is 19.2 Å². The third kappa shape index (κ3) is 3.25. The van der Waals surface area contributed by atoms with Crippen molar-refractivity contribution in [1.82, 2.24) is 39.9 Å². The van der Waals surface area contributed by atoms with Gasteiger partial charge in [0.2, 0.25) is 0 Å². The molecule has 0 radical (unpaired) electrons. The van der Waals surface area contributed by atoms with Gasteiger partial charge < -0.3 is 9.97 Å². The van der Waals surface area contributed by atoms with Gasteiger partial charge in [-0.3, -0.25) is 19.2 Å². The number of hydrogen-bond donors (Lipinski definition) is 2. The van der Waals surface area contributed by atoms with E-state index in [4.69, 9.17) is 29.9 Å². The number of H-pyrrole nitrogens is 2. The predicted octanol–water partition coefficient (Wildman–Crippen LogP) is 4.69. The molecule has 2 aliphatic heterocycles. The van der Waals surface area contributed by atoms with Crippen molar-refractivity contribution in [1.29, 1.82) is 0 Å². The zero-order valence-corrected chi connectivity index (χ0v) is 27.4. The maximum atomic E-state index is 13.4. The fourth-order valence-electron chi connectivity index (χ4n) is 10.6. The second-order valence-electron chi connectivity index (χ2n) is 15.5. The standard InChI is InChI=1S/C40H26N8O4/c49-21-9-13-1-5-17(21)29-25(13)33-41-37(29)46-34-27-15-3-7-19(23(51)11-15)31(27)39(43-34)48-36-28-16-4-8-20(24(52)12-16)32(28)40(44-36)47-35-26-14-2-6-18(22(50)10-14)30(26)38(42-35)45-33/h1-8,13-20H,9-12H2,(H2,41,42,43,44,45,46,47,48)/t13-,14-,15?,16?,17?,18?,19-,20?/m0/s1. The number of allylic oxidation sites excluding steroid dienone is 12. The Kier molecular flexibility index (Phi) is 4.82. The average Bonchev–Trinajstić information content (AvgIpc) is 3.90. The molecule has 0 aromatic carbocycles. The number of carbonyl (C=O) groups is 4. The largest absolute Gasteiger partial charge is 0.324 e. The average molecular weight is 683 g/mol. The van der Waals surface area contributed by atoms with Gasteiger partial charge in [-0.1, -0.05) is 48.6 Å². The van der Waals surface area contributed by atoms with Crippen molar-refractivity contribution in [2.24, 2.45) is 23.7 Å². The number of aromatic amines is 2. The number of carbonyl (C=O) groups excluding carboxylic acids is 4. The molecule has 16 bridgehead atoms. The van der Waals surface area contributed by atoms with Crippen molar-refractivity contribution in [3.05, 3.63) is 94.2 Å². The number of rotatable bonds is 0. The quantitative estimate of drug-likeness (QED) is 0.316. The fraction of sp³-hybridized carbons (Fsp3) is 0.300. The molecule has 8 atom stereocenters. The number of fused-ring (bicyclic) bond motifs is 12. The predicted molar refractivity (Wildman–Crippen MR) is 186 cm³/mol. The zero-order valence-electron chi connectivity index (χ0n) is 27.4. The lowest BCUT2D eigenvalue weighted by atomic mass is 9.70. The third-order valence-corrected chi connectivity index (χ3v) is 12.9. The summed E-state index contributed by atoms with van der Waals surface area (Å²) in [5.41, 5.74) is 8.79. The summed E-state index contributed by atoms with van der Waals surface area (Å²) < 4.78 is 0. The highest BCUT2D eigenvalue weighted by molar-refractivity contribution is 6.11. The molecule has 12 aliphatic carbocycles. The summed E-state index contributed by atoms with van der Waals surface area (Å²) in [6.45, 7) is 0. The van der Waals surface area contributed by atoms with Gasteiger partial charge in [-0.15, -0.1) is 0 Å². The molecule has 0 amide bonds. The van der Waals surface area contributed by atoms with E-state index >= 15 is 0 Å². The first kappa shape index (κ1) is 27.7. The van der Waals surface area contributed by atoms with E-state index in [1.165, 1.54) is 0 Å². The van der Waals surface area contributed by atoms with E-state index in [0.717, 1.165) is 44.5 Å². The molecular formula is C40H26N8O4. The summed E-state index contributed by atoms with van der Waals surface area (Å²) in [5, 5.41) is 0. The molecule has 5 heterocycles. The Hall–Kier alpha value is -6.04. The van der Waals surface area contributed by atoms with Gasteiger partial charge >= 0.3 is 0 Å². The molecule has 0 saturated heterocycles. The zero-order chi connectivity index (χ0) is 34.3. The van der Waals surface area contributed by atoms with Crippen molar-refractivity contribution in [3.63, 3.8) is 0 Å². The van der Waals surface area contributed by atoms with Crippen molar-refractivity contribution >= 4 is 68.0 Å². The Balaban J connectivity index is 1.20. The summed E-state index contributed by atoms with van der Waals surface area (Å²) >= 11 is 0. The summed E-state index contributed by atoms with van der Waals surface area (Å²) in [6, 6.07) is 0. The van der Waals surface area contributed by atoms with E-state index in [2.05, 4.69) is 34.3 Å². The summed E-state index contributed by atoms with van der Waals surface area (Å²) in [7, 11) is 0. The van der Waals surface area contributed by atoms with Crippen molar-refractivity contribution < 1.29 is 19.2 Å². The minimum Gasteiger partial charge on any atom is -0.324 e. The van der Waals surface area contributed by atoms with Crippen LogP contribution in [-0.4, -0.2) is 63.0 Å². The minimum absolute atomic E-state index is 0.113. The van der Waals surface area contributed by atoms with E-state index in [0.29, 0.717) is 71.6 Å². The normalized spacial score (nSPS) is 32.0. The molecule has 3 aromatic rings.